The molecule has 0 spiro atoms. The largest absolute Gasteiger partial charge is 0.309 e. The predicted molar refractivity (Wildman–Crippen MR) is 282 cm³/mol. The molecule has 0 fully saturated rings. The van der Waals surface area contributed by atoms with Crippen LogP contribution in [0.15, 0.2) is 200 Å². The van der Waals surface area contributed by atoms with Crippen molar-refractivity contribution in [2.75, 3.05) is 0 Å². The van der Waals surface area contributed by atoms with Crippen molar-refractivity contribution in [2.24, 2.45) is 0 Å². The molecule has 0 radical (unpaired) electrons. The first kappa shape index (κ1) is 39.8. The summed E-state index contributed by atoms with van der Waals surface area (Å²) in [7, 11) is 0. The van der Waals surface area contributed by atoms with Gasteiger partial charge in [-0.15, -0.1) is 0 Å². The summed E-state index contributed by atoms with van der Waals surface area (Å²) < 4.78 is 2.45. The van der Waals surface area contributed by atoms with E-state index in [9.17, 15) is 0 Å². The first-order chi connectivity index (χ1) is 32.2. The molecule has 12 rings (SSSR count). The second-order valence-corrected chi connectivity index (χ2v) is 19.3. The highest BCUT2D eigenvalue weighted by molar-refractivity contribution is 6.10. The summed E-state index contributed by atoms with van der Waals surface area (Å²) >= 11 is 0. The van der Waals surface area contributed by atoms with Crippen molar-refractivity contribution in [3.8, 4) is 61.3 Å². The molecule has 10 aromatic rings. The van der Waals surface area contributed by atoms with E-state index in [1.54, 1.807) is 0 Å². The second kappa shape index (κ2) is 15.2. The van der Waals surface area contributed by atoms with Crippen molar-refractivity contribution >= 4 is 40.0 Å². The molecule has 0 saturated heterocycles. The van der Waals surface area contributed by atoms with E-state index < -0.39 is 0 Å². The van der Waals surface area contributed by atoms with E-state index in [-0.39, 0.29) is 10.8 Å². The zero-order chi connectivity index (χ0) is 44.7. The van der Waals surface area contributed by atoms with Crippen LogP contribution in [0.2, 0.25) is 0 Å². The predicted octanol–water partition coefficient (Wildman–Crippen LogP) is 17.6. The van der Waals surface area contributed by atoms with Crippen molar-refractivity contribution in [3.05, 3.63) is 239 Å². The molecule has 2 aliphatic carbocycles. The number of para-hydroxylation sites is 1. The molecule has 1 heteroatoms. The molecule has 2 aliphatic rings. The highest BCUT2D eigenvalue weighted by Gasteiger charge is 2.37. The Hall–Kier alpha value is -7.74. The van der Waals surface area contributed by atoms with Gasteiger partial charge in [-0.3, -0.25) is 0 Å². The third-order valence-corrected chi connectivity index (χ3v) is 14.7. The molecule has 0 bridgehead atoms. The quantitative estimate of drug-likeness (QED) is 0.141. The summed E-state index contributed by atoms with van der Waals surface area (Å²) in [5, 5.41) is 2.54. The molecule has 1 nitrogen and oxygen atoms in total. The number of hydrogen-bond donors (Lipinski definition) is 0. The van der Waals surface area contributed by atoms with Gasteiger partial charge in [-0.2, -0.15) is 0 Å². The normalized spacial score (nSPS) is 14.3. The Kier molecular flexibility index (Phi) is 9.16. The van der Waals surface area contributed by atoms with Crippen molar-refractivity contribution in [1.29, 1.82) is 0 Å². The molecule has 66 heavy (non-hydrogen) atoms. The van der Waals surface area contributed by atoms with Gasteiger partial charge < -0.3 is 4.57 Å². The minimum atomic E-state index is -0.0953. The number of benzene rings is 9. The van der Waals surface area contributed by atoms with Crippen LogP contribution in [-0.2, 0) is 10.8 Å². The van der Waals surface area contributed by atoms with Gasteiger partial charge in [0.25, 0.3) is 0 Å². The number of rotatable bonds is 7. The maximum absolute atomic E-state index is 2.45. The lowest BCUT2D eigenvalue weighted by Crippen LogP contribution is -2.15. The van der Waals surface area contributed by atoms with Crippen molar-refractivity contribution in [1.82, 2.24) is 4.57 Å². The molecule has 0 N–H and O–H groups in total. The summed E-state index contributed by atoms with van der Waals surface area (Å²) in [5.41, 5.74) is 25.5. The van der Waals surface area contributed by atoms with Crippen molar-refractivity contribution in [3.63, 3.8) is 0 Å². The smallest absolute Gasteiger partial charge is 0.0541 e. The van der Waals surface area contributed by atoms with Gasteiger partial charge in [0.15, 0.2) is 0 Å². The van der Waals surface area contributed by atoms with Crippen LogP contribution in [0.5, 0.6) is 0 Å². The number of aromatic nitrogens is 1. The molecule has 0 unspecified atom stereocenters. The minimum Gasteiger partial charge on any atom is -0.309 e. The third kappa shape index (κ3) is 6.37. The Labute approximate surface area is 388 Å². The highest BCUT2D eigenvalue weighted by Crippen LogP contribution is 2.52. The van der Waals surface area contributed by atoms with Crippen LogP contribution in [-0.4, -0.2) is 4.57 Å². The summed E-state index contributed by atoms with van der Waals surface area (Å²) in [5.74, 6) is 0. The van der Waals surface area contributed by atoms with Gasteiger partial charge in [0.2, 0.25) is 0 Å². The van der Waals surface area contributed by atoms with Crippen LogP contribution in [0, 0.1) is 0 Å². The zero-order valence-electron chi connectivity index (χ0n) is 38.2. The number of hydrogen-bond acceptors (Lipinski definition) is 0. The summed E-state index contributed by atoms with van der Waals surface area (Å²) in [6.45, 7) is 11.5. The highest BCUT2D eigenvalue weighted by atomic mass is 15.0. The Balaban J connectivity index is 0.771. The van der Waals surface area contributed by atoms with Gasteiger partial charge in [0.05, 0.1) is 11.0 Å². The van der Waals surface area contributed by atoms with Gasteiger partial charge in [-0.05, 0) is 144 Å². The van der Waals surface area contributed by atoms with Crippen molar-refractivity contribution < 1.29 is 0 Å². The molecule has 0 saturated carbocycles. The average Bonchev–Trinajstić information content (AvgIpc) is 3.89. The molecular weight excluding hydrogens is 795 g/mol. The third-order valence-electron chi connectivity index (χ3n) is 14.7. The van der Waals surface area contributed by atoms with Gasteiger partial charge in [-0.25, -0.2) is 0 Å². The van der Waals surface area contributed by atoms with Crippen LogP contribution in [0.4, 0.5) is 0 Å². The van der Waals surface area contributed by atoms with Crippen LogP contribution < -0.4 is 0 Å². The Bertz CT molecular complexity index is 3610. The summed E-state index contributed by atoms with van der Waals surface area (Å²) in [6, 6.07) is 72.5. The Morgan fingerprint density at radius 3 is 1.35 bits per heavy atom. The summed E-state index contributed by atoms with van der Waals surface area (Å²) in [6.07, 6.45) is 8.66. The van der Waals surface area contributed by atoms with Gasteiger partial charge in [0.1, 0.15) is 0 Å². The van der Waals surface area contributed by atoms with Crippen molar-refractivity contribution in [2.45, 2.75) is 45.4 Å². The fourth-order valence-electron chi connectivity index (χ4n) is 11.1. The molecule has 0 amide bonds. The molecule has 1 aromatic heterocycles. The summed E-state index contributed by atoms with van der Waals surface area (Å²) in [4.78, 5) is 0. The monoisotopic (exact) mass is 845 g/mol. The van der Waals surface area contributed by atoms with Crippen LogP contribution in [0.3, 0.4) is 0 Å². The standard InChI is InChI=1S/C65H51N/c1-6-11-42-18-24-46(25-19-42)49-30-34-53-54-35-31-50(40-60(54)65(4,5)59(53)39-49)47-28-22-44(23-29-47)17-16-43-20-26-45(27-21-43)48-32-37-63-57(38-48)56-13-8-10-15-62(56)66(63)51-33-36-55-52-12-7-9-14-58(52)64(2,3)61(55)41-51/h6-41H,1-5H3/b11-6+,17-16+. The molecule has 316 valence electrons. The molecule has 0 atom stereocenters. The Morgan fingerprint density at radius 2 is 0.758 bits per heavy atom. The molecule has 9 aromatic carbocycles. The lowest BCUT2D eigenvalue weighted by Gasteiger charge is -2.22. The Morgan fingerprint density at radius 1 is 0.333 bits per heavy atom. The fraction of sp³-hybridized carbons (Fsp3) is 0.108. The minimum absolute atomic E-state index is 0.0533. The zero-order valence-corrected chi connectivity index (χ0v) is 38.2. The van der Waals surface area contributed by atoms with E-state index in [2.05, 4.69) is 258 Å². The van der Waals surface area contributed by atoms with Crippen LogP contribution in [0.1, 0.15) is 73.6 Å². The van der Waals surface area contributed by atoms with E-state index in [0.29, 0.717) is 0 Å². The fourth-order valence-corrected chi connectivity index (χ4v) is 11.1. The second-order valence-electron chi connectivity index (χ2n) is 19.3. The van der Waals surface area contributed by atoms with E-state index >= 15 is 0 Å². The maximum atomic E-state index is 2.45. The average molecular weight is 846 g/mol. The van der Waals surface area contributed by atoms with Gasteiger partial charge in [-0.1, -0.05) is 204 Å². The first-order valence-corrected chi connectivity index (χ1v) is 23.4. The van der Waals surface area contributed by atoms with E-state index in [1.165, 1.54) is 122 Å². The number of allylic oxidation sites excluding steroid dienone is 1. The number of nitrogens with zero attached hydrogens (tertiary/aromatic N) is 1. The SMILES string of the molecule is C/C=C/c1ccc(-c2ccc3c(c2)C(C)(C)c2cc(-c4ccc(/C=C/c5ccc(-c6ccc7c(c6)c6ccccc6n7-c6ccc7c(c6)C(C)(C)c6ccccc6-7)cc5)cc4)ccc2-3)cc1. The topological polar surface area (TPSA) is 4.93 Å². The van der Waals surface area contributed by atoms with E-state index in [4.69, 9.17) is 0 Å². The van der Waals surface area contributed by atoms with Gasteiger partial charge >= 0.3 is 0 Å². The molecular formula is C65H51N. The van der Waals surface area contributed by atoms with Crippen LogP contribution >= 0.6 is 0 Å². The lowest BCUT2D eigenvalue weighted by atomic mass is 9.81. The van der Waals surface area contributed by atoms with Gasteiger partial charge in [0, 0.05) is 27.3 Å². The van der Waals surface area contributed by atoms with Crippen LogP contribution in [0.25, 0.3) is 101 Å². The van der Waals surface area contributed by atoms with E-state index in [1.807, 2.05) is 0 Å². The first-order valence-electron chi connectivity index (χ1n) is 23.4. The number of fused-ring (bicyclic) bond motifs is 9. The van der Waals surface area contributed by atoms with E-state index in [0.717, 1.165) is 0 Å². The maximum Gasteiger partial charge on any atom is 0.0541 e. The lowest BCUT2D eigenvalue weighted by molar-refractivity contribution is 0.660. The molecule has 0 aliphatic heterocycles. The molecule has 1 heterocycles.